The van der Waals surface area contributed by atoms with Crippen LogP contribution in [0.25, 0.3) is 11.0 Å². The second-order valence-corrected chi connectivity index (χ2v) is 8.76. The van der Waals surface area contributed by atoms with Crippen molar-refractivity contribution in [1.29, 1.82) is 0 Å². The van der Waals surface area contributed by atoms with Gasteiger partial charge in [0.25, 0.3) is 0 Å². The minimum absolute atomic E-state index is 0.0589. The fourth-order valence-electron chi connectivity index (χ4n) is 5.09. The Kier molecular flexibility index (Phi) is 4.00. The molecule has 0 radical (unpaired) electrons. The minimum atomic E-state index is -0.0589. The molecule has 0 bridgehead atoms. The predicted octanol–water partition coefficient (Wildman–Crippen LogP) is 4.95. The van der Waals surface area contributed by atoms with Gasteiger partial charge in [0.05, 0.1) is 29.5 Å². The zero-order valence-electron chi connectivity index (χ0n) is 16.5. The third-order valence-electron chi connectivity index (χ3n) is 6.72. The normalized spacial score (nSPS) is 23.3. The number of hydrogen-bond donors (Lipinski definition) is 1. The Hall–Kier alpha value is -2.79. The lowest BCUT2D eigenvalue weighted by atomic mass is 9.77. The lowest BCUT2D eigenvalue weighted by Crippen LogP contribution is -2.29. The van der Waals surface area contributed by atoms with E-state index >= 15 is 0 Å². The Morgan fingerprint density at radius 3 is 2.97 bits per heavy atom. The molecule has 2 N–H and O–H groups in total. The molecule has 0 saturated heterocycles. The molecule has 1 spiro atoms. The highest BCUT2D eigenvalue weighted by Gasteiger charge is 2.50. The summed E-state index contributed by atoms with van der Waals surface area (Å²) >= 11 is 6.13. The molecular weight excluding hydrogens is 382 g/mol. The lowest BCUT2D eigenvalue weighted by Gasteiger charge is -2.29. The number of benzene rings is 1. The molecule has 2 atom stereocenters. The van der Waals surface area contributed by atoms with Crippen LogP contribution < -0.4 is 10.7 Å². The quantitative estimate of drug-likeness (QED) is 0.495. The Balaban J connectivity index is 1.56. The Bertz CT molecular complexity index is 1160. The van der Waals surface area contributed by atoms with Crippen molar-refractivity contribution in [2.24, 2.45) is 5.92 Å². The van der Waals surface area contributed by atoms with E-state index in [1.54, 1.807) is 4.68 Å². The number of nitrogens with zero attached hydrogens (tertiary/aromatic N) is 4. The van der Waals surface area contributed by atoms with Gasteiger partial charge in [-0.25, -0.2) is 9.66 Å². The maximum Gasteiger partial charge on any atom is 0.148 e. The second kappa shape index (κ2) is 6.36. The van der Waals surface area contributed by atoms with Gasteiger partial charge in [0.2, 0.25) is 0 Å². The van der Waals surface area contributed by atoms with E-state index in [1.807, 2.05) is 30.6 Å². The summed E-state index contributed by atoms with van der Waals surface area (Å²) in [6.07, 6.45) is 7.07. The summed E-state index contributed by atoms with van der Waals surface area (Å²) in [6, 6.07) is 7.72. The predicted molar refractivity (Wildman–Crippen MR) is 118 cm³/mol. The molecule has 148 valence electrons. The van der Waals surface area contributed by atoms with E-state index in [2.05, 4.69) is 36.0 Å². The molecule has 2 aromatic heterocycles. The first kappa shape index (κ1) is 18.3. The first-order valence-electron chi connectivity index (χ1n) is 9.89. The molecule has 1 aromatic carbocycles. The lowest BCUT2D eigenvalue weighted by molar-refractivity contribution is 0.509. The SMILES string of the molecule is C=C(C)C1CCC2(C1)C(=C)N(Cc1nc3cc(Cl)ccc3n1N)c1cnccc12. The van der Waals surface area contributed by atoms with Crippen LogP contribution >= 0.6 is 11.6 Å². The van der Waals surface area contributed by atoms with Gasteiger partial charge < -0.3 is 10.7 Å². The fraction of sp³-hybridized carbons (Fsp3) is 0.304. The summed E-state index contributed by atoms with van der Waals surface area (Å²) < 4.78 is 1.64. The van der Waals surface area contributed by atoms with Crippen molar-refractivity contribution in [2.45, 2.75) is 38.1 Å². The van der Waals surface area contributed by atoms with Crippen molar-refractivity contribution < 1.29 is 0 Å². The van der Waals surface area contributed by atoms with E-state index in [-0.39, 0.29) is 5.41 Å². The van der Waals surface area contributed by atoms with Gasteiger partial charge in [0, 0.05) is 22.3 Å². The highest BCUT2D eigenvalue weighted by atomic mass is 35.5. The molecule has 1 fully saturated rings. The number of imidazole rings is 1. The molecule has 29 heavy (non-hydrogen) atoms. The molecule has 1 aliphatic carbocycles. The molecule has 5 rings (SSSR count). The Morgan fingerprint density at radius 2 is 2.21 bits per heavy atom. The smallest absolute Gasteiger partial charge is 0.148 e. The van der Waals surface area contributed by atoms with E-state index in [0.717, 1.165) is 47.5 Å². The zero-order chi connectivity index (χ0) is 20.3. The molecule has 2 aliphatic rings. The first-order chi connectivity index (χ1) is 13.9. The van der Waals surface area contributed by atoms with Crippen LogP contribution in [0.3, 0.4) is 0 Å². The van der Waals surface area contributed by atoms with Gasteiger partial charge in [0.1, 0.15) is 5.82 Å². The van der Waals surface area contributed by atoms with Gasteiger partial charge in [0.15, 0.2) is 0 Å². The van der Waals surface area contributed by atoms with Crippen molar-refractivity contribution in [3.05, 3.63) is 77.5 Å². The number of nitrogen functional groups attached to an aromatic ring is 1. The van der Waals surface area contributed by atoms with Crippen molar-refractivity contribution in [3.63, 3.8) is 0 Å². The maximum atomic E-state index is 6.37. The molecule has 5 nitrogen and oxygen atoms in total. The minimum Gasteiger partial charge on any atom is -0.337 e. The van der Waals surface area contributed by atoms with Crippen LogP contribution in [0, 0.1) is 5.92 Å². The molecule has 2 unspecified atom stereocenters. The van der Waals surface area contributed by atoms with Crippen LogP contribution in [-0.4, -0.2) is 14.6 Å². The number of fused-ring (bicyclic) bond motifs is 3. The van der Waals surface area contributed by atoms with E-state index in [4.69, 9.17) is 22.4 Å². The van der Waals surface area contributed by atoms with Gasteiger partial charge in [-0.15, -0.1) is 0 Å². The van der Waals surface area contributed by atoms with Gasteiger partial charge in [-0.2, -0.15) is 0 Å². The van der Waals surface area contributed by atoms with Gasteiger partial charge >= 0.3 is 0 Å². The van der Waals surface area contributed by atoms with Crippen LogP contribution in [0.1, 0.15) is 37.6 Å². The molecule has 1 aliphatic heterocycles. The van der Waals surface area contributed by atoms with E-state index < -0.39 is 0 Å². The van der Waals surface area contributed by atoms with Gasteiger partial charge in [-0.3, -0.25) is 4.98 Å². The third kappa shape index (κ3) is 2.60. The summed E-state index contributed by atoms with van der Waals surface area (Å²) in [6.45, 7) is 11.4. The average molecular weight is 406 g/mol. The summed E-state index contributed by atoms with van der Waals surface area (Å²) in [5.74, 6) is 7.66. The summed E-state index contributed by atoms with van der Waals surface area (Å²) in [4.78, 5) is 11.4. The van der Waals surface area contributed by atoms with Crippen LogP contribution in [0.5, 0.6) is 0 Å². The molecule has 1 saturated carbocycles. The van der Waals surface area contributed by atoms with Crippen molar-refractivity contribution in [2.75, 3.05) is 10.7 Å². The third-order valence-corrected chi connectivity index (χ3v) is 6.96. The maximum absolute atomic E-state index is 6.37. The number of allylic oxidation sites excluding steroid dienone is 2. The molecular formula is C23H24ClN5. The van der Waals surface area contributed by atoms with Crippen LogP contribution in [0.2, 0.25) is 5.02 Å². The monoisotopic (exact) mass is 405 g/mol. The summed E-state index contributed by atoms with van der Waals surface area (Å²) in [5.41, 5.74) is 6.37. The highest BCUT2D eigenvalue weighted by molar-refractivity contribution is 6.31. The van der Waals surface area contributed by atoms with Crippen molar-refractivity contribution in [1.82, 2.24) is 14.6 Å². The van der Waals surface area contributed by atoms with Gasteiger partial charge in [-0.1, -0.05) is 30.3 Å². The number of anilines is 1. The second-order valence-electron chi connectivity index (χ2n) is 8.32. The number of rotatable bonds is 3. The largest absolute Gasteiger partial charge is 0.337 e. The van der Waals surface area contributed by atoms with Gasteiger partial charge in [-0.05, 0) is 61.9 Å². The van der Waals surface area contributed by atoms with Crippen molar-refractivity contribution >= 4 is 28.3 Å². The van der Waals surface area contributed by atoms with Crippen LogP contribution in [0.15, 0.2) is 61.1 Å². The first-order valence-corrected chi connectivity index (χ1v) is 10.3. The molecule has 3 aromatic rings. The average Bonchev–Trinajstić information content (AvgIpc) is 3.34. The standard InChI is InChI=1S/C23H24ClN5/c1-14(2)16-6-8-23(11-16)15(3)28(21-12-26-9-7-18(21)23)13-22-27-19-10-17(24)4-5-20(19)29(22)25/h4-5,7,9-10,12,16H,1,3,6,8,11,13,25H2,2H3. The van der Waals surface area contributed by atoms with Crippen LogP contribution in [-0.2, 0) is 12.0 Å². The van der Waals surface area contributed by atoms with E-state index in [0.29, 0.717) is 17.5 Å². The Labute approximate surface area is 175 Å². The van der Waals surface area contributed by atoms with E-state index in [1.165, 1.54) is 11.1 Å². The van der Waals surface area contributed by atoms with Crippen molar-refractivity contribution in [3.8, 4) is 0 Å². The molecule has 3 heterocycles. The zero-order valence-corrected chi connectivity index (χ0v) is 17.3. The number of aromatic nitrogens is 3. The topological polar surface area (TPSA) is 60.0 Å². The summed E-state index contributed by atoms with van der Waals surface area (Å²) in [5, 5.41) is 0.651. The fourth-order valence-corrected chi connectivity index (χ4v) is 5.26. The molecule has 6 heteroatoms. The highest BCUT2D eigenvalue weighted by Crippen LogP contribution is 2.58. The number of hydrogen-bond acceptors (Lipinski definition) is 4. The Morgan fingerprint density at radius 1 is 1.38 bits per heavy atom. The number of nitrogens with two attached hydrogens (primary N) is 1. The van der Waals surface area contributed by atoms with Crippen LogP contribution in [0.4, 0.5) is 5.69 Å². The van der Waals surface area contributed by atoms with E-state index in [9.17, 15) is 0 Å². The summed E-state index contributed by atoms with van der Waals surface area (Å²) in [7, 11) is 0. The number of pyridine rings is 1. The number of halogens is 1. The molecule has 0 amide bonds.